The van der Waals surface area contributed by atoms with Crippen molar-refractivity contribution in [1.82, 2.24) is 0 Å². The number of ether oxygens (including phenoxy) is 3. The topological polar surface area (TPSA) is 102 Å². The molecule has 0 fully saturated rings. The minimum absolute atomic E-state index is 0.0347. The summed E-state index contributed by atoms with van der Waals surface area (Å²) >= 11 is 0. The molecular weight excluding hydrogens is 522 g/mol. The van der Waals surface area contributed by atoms with Gasteiger partial charge in [0, 0.05) is 19.3 Å². The fourth-order valence-electron chi connectivity index (χ4n) is 4.26. The quantitative estimate of drug-likeness (QED) is 0.0533. The number of hydrogen-bond donors (Lipinski definition) is 0. The highest BCUT2D eigenvalue weighted by Gasteiger charge is 2.25. The zero-order valence-electron chi connectivity index (χ0n) is 26.7. The first-order valence-corrected chi connectivity index (χ1v) is 15.9. The van der Waals surface area contributed by atoms with E-state index >= 15 is 0 Å². The van der Waals surface area contributed by atoms with Gasteiger partial charge in [-0.3, -0.25) is 9.59 Å². The zero-order valence-corrected chi connectivity index (χ0v) is 26.7. The number of carboxylic acids is 1. The van der Waals surface area contributed by atoms with Crippen molar-refractivity contribution < 1.29 is 38.2 Å². The molecular formula is C33H59NO7. The summed E-state index contributed by atoms with van der Waals surface area (Å²) in [6, 6.07) is -0.721. The van der Waals surface area contributed by atoms with Crippen LogP contribution in [-0.2, 0) is 28.6 Å². The fraction of sp³-hybridized carbons (Fsp3) is 0.788. The van der Waals surface area contributed by atoms with Crippen LogP contribution < -0.4 is 5.11 Å². The van der Waals surface area contributed by atoms with Crippen LogP contribution in [-0.4, -0.2) is 75.5 Å². The van der Waals surface area contributed by atoms with E-state index in [-0.39, 0.29) is 42.7 Å². The van der Waals surface area contributed by atoms with Gasteiger partial charge < -0.3 is 28.6 Å². The Kier molecular flexibility index (Phi) is 24.2. The fourth-order valence-corrected chi connectivity index (χ4v) is 4.26. The zero-order chi connectivity index (χ0) is 30.8. The predicted octanol–water partition coefficient (Wildman–Crippen LogP) is 5.68. The first-order chi connectivity index (χ1) is 19.6. The summed E-state index contributed by atoms with van der Waals surface area (Å²) in [7, 11) is 5.36. The second kappa shape index (κ2) is 25.5. The molecule has 41 heavy (non-hydrogen) atoms. The lowest BCUT2D eigenvalue weighted by molar-refractivity contribution is -0.889. The van der Waals surface area contributed by atoms with Crippen LogP contribution in [0.1, 0.15) is 117 Å². The molecule has 0 amide bonds. The van der Waals surface area contributed by atoms with Gasteiger partial charge in [-0.05, 0) is 38.5 Å². The monoisotopic (exact) mass is 581 g/mol. The number of aliphatic carboxylic acids is 1. The molecule has 0 N–H and O–H groups in total. The molecule has 0 aromatic carbocycles. The molecule has 0 aromatic heterocycles. The van der Waals surface area contributed by atoms with Crippen LogP contribution in [0.4, 0.5) is 0 Å². The van der Waals surface area contributed by atoms with Crippen molar-refractivity contribution >= 4 is 17.9 Å². The van der Waals surface area contributed by atoms with Gasteiger partial charge in [0.05, 0.1) is 40.3 Å². The van der Waals surface area contributed by atoms with E-state index in [1.54, 1.807) is 21.1 Å². The summed E-state index contributed by atoms with van der Waals surface area (Å²) in [4.78, 5) is 36.0. The molecule has 0 aliphatic heterocycles. The molecule has 238 valence electrons. The molecule has 0 rings (SSSR count). The molecule has 8 nitrogen and oxygen atoms in total. The van der Waals surface area contributed by atoms with Gasteiger partial charge in [0.2, 0.25) is 0 Å². The normalized spacial score (nSPS) is 13.5. The van der Waals surface area contributed by atoms with Gasteiger partial charge in [0.25, 0.3) is 0 Å². The maximum Gasteiger partial charge on any atom is 0.306 e. The lowest BCUT2D eigenvalue weighted by Crippen LogP contribution is -2.55. The minimum Gasteiger partial charge on any atom is -0.544 e. The average Bonchev–Trinajstić information content (AvgIpc) is 2.90. The number of quaternary nitrogens is 1. The van der Waals surface area contributed by atoms with Crippen LogP contribution in [0, 0.1) is 0 Å². The van der Waals surface area contributed by atoms with E-state index < -0.39 is 18.1 Å². The largest absolute Gasteiger partial charge is 0.544 e. The Bertz CT molecular complexity index is 742. The van der Waals surface area contributed by atoms with E-state index in [9.17, 15) is 19.5 Å². The molecule has 0 saturated carbocycles. The van der Waals surface area contributed by atoms with Crippen molar-refractivity contribution in [2.75, 3.05) is 41.0 Å². The lowest BCUT2D eigenvalue weighted by atomic mass is 10.1. The smallest absolute Gasteiger partial charge is 0.306 e. The Morgan fingerprint density at radius 1 is 0.732 bits per heavy atom. The minimum atomic E-state index is -1.13. The van der Waals surface area contributed by atoms with E-state index in [1.165, 1.54) is 19.3 Å². The standard InChI is InChI=1S/C33H59NO7/c1-6-8-10-11-12-13-14-15-16-17-18-19-20-22-24-32(36)41-29(28-40-31(35)23-21-9-7-2)27-39-26-25-30(33(37)38)34(3,4)5/h11-12,14-15,29-30H,6-10,13,16-28H2,1-5H3/b12-11-,15-14-. The number of unbranched alkanes of at least 4 members (excludes halogenated alkanes) is 9. The van der Waals surface area contributed by atoms with Crippen LogP contribution in [0.2, 0.25) is 0 Å². The second-order valence-electron chi connectivity index (χ2n) is 11.7. The predicted molar refractivity (Wildman–Crippen MR) is 162 cm³/mol. The number of rotatable bonds is 27. The SMILES string of the molecule is CCCC/C=C\C/C=C\CCCCCCCC(=O)OC(COCCC(C(=O)[O-])[N+](C)(C)C)COC(=O)CCCCC. The van der Waals surface area contributed by atoms with Gasteiger partial charge in [0.1, 0.15) is 12.6 Å². The van der Waals surface area contributed by atoms with Gasteiger partial charge >= 0.3 is 11.9 Å². The molecule has 2 unspecified atom stereocenters. The molecule has 8 heteroatoms. The van der Waals surface area contributed by atoms with E-state index in [1.807, 2.05) is 0 Å². The van der Waals surface area contributed by atoms with Crippen LogP contribution in [0.25, 0.3) is 0 Å². The first kappa shape index (κ1) is 38.8. The van der Waals surface area contributed by atoms with Crippen molar-refractivity contribution in [3.05, 3.63) is 24.3 Å². The Morgan fingerprint density at radius 3 is 1.95 bits per heavy atom. The molecule has 0 aliphatic carbocycles. The van der Waals surface area contributed by atoms with Crippen LogP contribution in [0.5, 0.6) is 0 Å². The van der Waals surface area contributed by atoms with Gasteiger partial charge in [-0.25, -0.2) is 0 Å². The van der Waals surface area contributed by atoms with Crippen LogP contribution >= 0.6 is 0 Å². The van der Waals surface area contributed by atoms with Gasteiger partial charge in [-0.1, -0.05) is 83.1 Å². The lowest BCUT2D eigenvalue weighted by Gasteiger charge is -2.34. The number of likely N-dealkylation sites (N-methyl/N-ethyl adjacent to an activating group) is 1. The maximum absolute atomic E-state index is 12.5. The van der Waals surface area contributed by atoms with Crippen LogP contribution in [0.15, 0.2) is 24.3 Å². The van der Waals surface area contributed by atoms with Crippen molar-refractivity contribution in [3.63, 3.8) is 0 Å². The number of hydrogen-bond acceptors (Lipinski definition) is 7. The summed E-state index contributed by atoms with van der Waals surface area (Å²) < 4.78 is 16.8. The van der Waals surface area contributed by atoms with E-state index in [0.29, 0.717) is 12.8 Å². The third kappa shape index (κ3) is 24.1. The van der Waals surface area contributed by atoms with Gasteiger partial charge in [0.15, 0.2) is 6.10 Å². The number of carbonyl (C=O) groups excluding carboxylic acids is 3. The maximum atomic E-state index is 12.5. The first-order valence-electron chi connectivity index (χ1n) is 15.9. The third-order valence-corrected chi connectivity index (χ3v) is 6.84. The molecule has 0 aromatic rings. The highest BCUT2D eigenvalue weighted by molar-refractivity contribution is 5.70. The molecule has 0 saturated heterocycles. The highest BCUT2D eigenvalue weighted by atomic mass is 16.6. The van der Waals surface area contributed by atoms with Crippen molar-refractivity contribution in [3.8, 4) is 0 Å². The summed E-state index contributed by atoms with van der Waals surface area (Å²) in [6.07, 6.45) is 22.7. The Morgan fingerprint density at radius 2 is 1.32 bits per heavy atom. The van der Waals surface area contributed by atoms with Crippen LogP contribution in [0.3, 0.4) is 0 Å². The third-order valence-electron chi connectivity index (χ3n) is 6.84. The highest BCUT2D eigenvalue weighted by Crippen LogP contribution is 2.11. The summed E-state index contributed by atoms with van der Waals surface area (Å²) in [6.45, 7) is 4.40. The molecule has 0 spiro atoms. The van der Waals surface area contributed by atoms with E-state index in [2.05, 4.69) is 38.2 Å². The van der Waals surface area contributed by atoms with Crippen molar-refractivity contribution in [1.29, 1.82) is 0 Å². The number of allylic oxidation sites excluding steroid dienone is 4. The Labute approximate surface area is 250 Å². The van der Waals surface area contributed by atoms with Gasteiger partial charge in [-0.2, -0.15) is 0 Å². The van der Waals surface area contributed by atoms with E-state index in [0.717, 1.165) is 64.2 Å². The Balaban J connectivity index is 4.37. The summed E-state index contributed by atoms with van der Waals surface area (Å²) in [5.74, 6) is -1.79. The molecule has 2 atom stereocenters. The Hall–Kier alpha value is -2.19. The number of carbonyl (C=O) groups is 3. The molecule has 0 aliphatic rings. The van der Waals surface area contributed by atoms with Gasteiger partial charge in [-0.15, -0.1) is 0 Å². The van der Waals surface area contributed by atoms with E-state index in [4.69, 9.17) is 14.2 Å². The number of esters is 2. The summed E-state index contributed by atoms with van der Waals surface area (Å²) in [5.41, 5.74) is 0. The molecule has 0 heterocycles. The summed E-state index contributed by atoms with van der Waals surface area (Å²) in [5, 5.41) is 11.5. The number of carboxylic acid groups (broad SMARTS) is 1. The van der Waals surface area contributed by atoms with Crippen molar-refractivity contribution in [2.45, 2.75) is 129 Å². The molecule has 0 bridgehead atoms. The van der Waals surface area contributed by atoms with Crippen molar-refractivity contribution in [2.24, 2.45) is 0 Å². The second-order valence-corrected chi connectivity index (χ2v) is 11.7. The number of nitrogens with zero attached hydrogens (tertiary/aromatic N) is 1. The average molecular weight is 582 g/mol. The molecule has 0 radical (unpaired) electrons.